The third-order valence-corrected chi connectivity index (χ3v) is 3.55. The van der Waals surface area contributed by atoms with E-state index in [1.807, 2.05) is 6.07 Å². The van der Waals surface area contributed by atoms with Gasteiger partial charge in [-0.15, -0.1) is 0 Å². The molecule has 1 fully saturated rings. The highest BCUT2D eigenvalue weighted by atomic mass is 32.1. The van der Waals surface area contributed by atoms with Gasteiger partial charge in [0.25, 0.3) is 0 Å². The van der Waals surface area contributed by atoms with Gasteiger partial charge in [-0.05, 0) is 43.5 Å². The first-order valence-electron chi connectivity index (χ1n) is 6.29. The lowest BCUT2D eigenvalue weighted by Gasteiger charge is -2.26. The lowest BCUT2D eigenvalue weighted by atomic mass is 10.1. The monoisotopic (exact) mass is 264 g/mol. The molecule has 0 heterocycles. The van der Waals surface area contributed by atoms with E-state index in [4.69, 9.17) is 22.7 Å². The van der Waals surface area contributed by atoms with Crippen LogP contribution < -0.4 is 10.6 Å². The molecule has 18 heavy (non-hydrogen) atoms. The average molecular weight is 264 g/mol. The van der Waals surface area contributed by atoms with E-state index in [0.717, 1.165) is 18.7 Å². The Kier molecular flexibility index (Phi) is 4.19. The van der Waals surface area contributed by atoms with Crippen molar-refractivity contribution in [1.82, 2.24) is 0 Å². The summed E-state index contributed by atoms with van der Waals surface area (Å²) in [5.41, 5.74) is 9.10. The molecule has 1 aliphatic rings. The quantitative estimate of drug-likeness (QED) is 0.800. The van der Waals surface area contributed by atoms with Gasteiger partial charge in [0.2, 0.25) is 0 Å². The van der Waals surface area contributed by atoms with Crippen molar-refractivity contribution in [3.05, 3.63) is 29.3 Å². The zero-order valence-electron chi connectivity index (χ0n) is 11.0. The van der Waals surface area contributed by atoms with E-state index in [1.165, 1.54) is 24.1 Å². The molecule has 2 rings (SSSR count). The Morgan fingerprint density at radius 1 is 1.50 bits per heavy atom. The number of rotatable bonds is 6. The SMILES string of the molecule is COCCN(c1ccc(C(N)=S)cc1C)C1CC1. The molecule has 1 saturated carbocycles. The highest BCUT2D eigenvalue weighted by Gasteiger charge is 2.29. The van der Waals surface area contributed by atoms with Crippen molar-refractivity contribution in [2.45, 2.75) is 25.8 Å². The van der Waals surface area contributed by atoms with E-state index in [0.29, 0.717) is 11.0 Å². The van der Waals surface area contributed by atoms with Crippen molar-refractivity contribution in [1.29, 1.82) is 0 Å². The lowest BCUT2D eigenvalue weighted by molar-refractivity contribution is 0.205. The molecule has 0 amide bonds. The number of anilines is 1. The number of ether oxygens (including phenoxy) is 1. The van der Waals surface area contributed by atoms with Crippen LogP contribution in [0.1, 0.15) is 24.0 Å². The van der Waals surface area contributed by atoms with Crippen molar-refractivity contribution >= 4 is 22.9 Å². The Labute approximate surface area is 114 Å². The highest BCUT2D eigenvalue weighted by molar-refractivity contribution is 7.80. The van der Waals surface area contributed by atoms with E-state index in [-0.39, 0.29) is 0 Å². The summed E-state index contributed by atoms with van der Waals surface area (Å²) in [7, 11) is 1.74. The zero-order chi connectivity index (χ0) is 13.1. The van der Waals surface area contributed by atoms with E-state index < -0.39 is 0 Å². The molecule has 3 nitrogen and oxygen atoms in total. The smallest absolute Gasteiger partial charge is 0.103 e. The van der Waals surface area contributed by atoms with Crippen LogP contribution in [-0.4, -0.2) is 31.3 Å². The van der Waals surface area contributed by atoms with Gasteiger partial charge in [-0.3, -0.25) is 0 Å². The normalized spacial score (nSPS) is 14.6. The average Bonchev–Trinajstić information content (AvgIpc) is 3.15. The lowest BCUT2D eigenvalue weighted by Crippen LogP contribution is -2.30. The Morgan fingerprint density at radius 2 is 2.22 bits per heavy atom. The summed E-state index contributed by atoms with van der Waals surface area (Å²) in [5.74, 6) is 0. The van der Waals surface area contributed by atoms with Crippen LogP contribution in [0, 0.1) is 6.92 Å². The summed E-state index contributed by atoms with van der Waals surface area (Å²) in [6.45, 7) is 3.81. The standard InChI is InChI=1S/C14H20N2OS/c1-10-9-11(14(15)18)3-6-13(10)16(7-8-17-2)12-4-5-12/h3,6,9,12H,4-5,7-8H2,1-2H3,(H2,15,18). The molecule has 0 bridgehead atoms. The fraction of sp³-hybridized carbons (Fsp3) is 0.500. The Bertz CT molecular complexity index is 443. The number of thiocarbonyl (C=S) groups is 1. The minimum absolute atomic E-state index is 0.458. The van der Waals surface area contributed by atoms with Crippen LogP contribution in [-0.2, 0) is 4.74 Å². The minimum Gasteiger partial charge on any atom is -0.389 e. The molecule has 4 heteroatoms. The molecular weight excluding hydrogens is 244 g/mol. The molecule has 1 aliphatic carbocycles. The fourth-order valence-electron chi connectivity index (χ4n) is 2.21. The number of aryl methyl sites for hydroxylation is 1. The predicted octanol–water partition coefficient (Wildman–Crippen LogP) is 2.24. The van der Waals surface area contributed by atoms with E-state index in [1.54, 1.807) is 7.11 Å². The Balaban J connectivity index is 2.21. The maximum atomic E-state index is 5.66. The third kappa shape index (κ3) is 3.00. The largest absolute Gasteiger partial charge is 0.389 e. The van der Waals surface area contributed by atoms with Crippen LogP contribution in [0.4, 0.5) is 5.69 Å². The molecule has 2 N–H and O–H groups in total. The van der Waals surface area contributed by atoms with Gasteiger partial charge in [-0.1, -0.05) is 12.2 Å². The number of hydrogen-bond acceptors (Lipinski definition) is 3. The van der Waals surface area contributed by atoms with Crippen molar-refractivity contribution in [3.63, 3.8) is 0 Å². The molecule has 98 valence electrons. The van der Waals surface area contributed by atoms with Gasteiger partial charge in [-0.25, -0.2) is 0 Å². The second-order valence-electron chi connectivity index (χ2n) is 4.78. The van der Waals surface area contributed by atoms with Crippen LogP contribution in [0.5, 0.6) is 0 Å². The Hall–Kier alpha value is -1.13. The van der Waals surface area contributed by atoms with E-state index >= 15 is 0 Å². The minimum atomic E-state index is 0.458. The van der Waals surface area contributed by atoms with Crippen LogP contribution in [0.3, 0.4) is 0 Å². The van der Waals surface area contributed by atoms with Gasteiger partial charge < -0.3 is 15.4 Å². The Morgan fingerprint density at radius 3 is 2.72 bits per heavy atom. The highest BCUT2D eigenvalue weighted by Crippen LogP contribution is 2.33. The van der Waals surface area contributed by atoms with Gasteiger partial charge in [0.1, 0.15) is 4.99 Å². The van der Waals surface area contributed by atoms with Crippen molar-refractivity contribution in [2.24, 2.45) is 5.73 Å². The van der Waals surface area contributed by atoms with Gasteiger partial charge in [0.15, 0.2) is 0 Å². The second-order valence-corrected chi connectivity index (χ2v) is 5.22. The number of nitrogens with two attached hydrogens (primary N) is 1. The van der Waals surface area contributed by atoms with Crippen molar-refractivity contribution in [2.75, 3.05) is 25.2 Å². The summed E-state index contributed by atoms with van der Waals surface area (Å²) in [4.78, 5) is 2.89. The predicted molar refractivity (Wildman–Crippen MR) is 79.3 cm³/mol. The molecule has 0 radical (unpaired) electrons. The summed E-state index contributed by atoms with van der Waals surface area (Å²) < 4.78 is 5.19. The van der Waals surface area contributed by atoms with Crippen LogP contribution in [0.15, 0.2) is 18.2 Å². The number of methoxy groups -OCH3 is 1. The first-order valence-corrected chi connectivity index (χ1v) is 6.70. The van der Waals surface area contributed by atoms with Gasteiger partial charge in [0, 0.05) is 30.9 Å². The fourth-order valence-corrected chi connectivity index (χ4v) is 2.33. The second kappa shape index (κ2) is 5.67. The summed E-state index contributed by atoms with van der Waals surface area (Å²) in [5, 5.41) is 0. The number of benzene rings is 1. The molecule has 0 unspecified atom stereocenters. The van der Waals surface area contributed by atoms with Crippen LogP contribution in [0.2, 0.25) is 0 Å². The van der Waals surface area contributed by atoms with E-state index in [2.05, 4.69) is 24.0 Å². The molecule has 0 saturated heterocycles. The number of hydrogen-bond donors (Lipinski definition) is 1. The first-order chi connectivity index (χ1) is 8.63. The molecule has 1 aromatic rings. The summed E-state index contributed by atoms with van der Waals surface area (Å²) in [6.07, 6.45) is 2.56. The molecule has 0 aliphatic heterocycles. The van der Waals surface area contributed by atoms with Gasteiger partial charge in [0.05, 0.1) is 6.61 Å². The topological polar surface area (TPSA) is 38.5 Å². The molecule has 1 aromatic carbocycles. The van der Waals surface area contributed by atoms with Crippen molar-refractivity contribution < 1.29 is 4.74 Å². The third-order valence-electron chi connectivity index (χ3n) is 3.31. The van der Waals surface area contributed by atoms with Crippen LogP contribution in [0.25, 0.3) is 0 Å². The maximum Gasteiger partial charge on any atom is 0.103 e. The maximum absolute atomic E-state index is 5.66. The molecular formula is C14H20N2OS. The van der Waals surface area contributed by atoms with Gasteiger partial charge in [-0.2, -0.15) is 0 Å². The number of nitrogens with zero attached hydrogens (tertiary/aromatic N) is 1. The molecule has 0 spiro atoms. The zero-order valence-corrected chi connectivity index (χ0v) is 11.8. The summed E-state index contributed by atoms with van der Waals surface area (Å²) >= 11 is 5.01. The molecule has 0 aromatic heterocycles. The molecule has 0 atom stereocenters. The van der Waals surface area contributed by atoms with E-state index in [9.17, 15) is 0 Å². The summed E-state index contributed by atoms with van der Waals surface area (Å²) in [6, 6.07) is 6.87. The van der Waals surface area contributed by atoms with Crippen LogP contribution >= 0.6 is 12.2 Å². The first kappa shape index (κ1) is 13.3. The van der Waals surface area contributed by atoms with Gasteiger partial charge >= 0.3 is 0 Å². The van der Waals surface area contributed by atoms with Crippen molar-refractivity contribution in [3.8, 4) is 0 Å².